The summed E-state index contributed by atoms with van der Waals surface area (Å²) in [5.74, 6) is 2.19. The van der Waals surface area contributed by atoms with Crippen molar-refractivity contribution >= 4 is 11.8 Å². The molecule has 0 fully saturated rings. The summed E-state index contributed by atoms with van der Waals surface area (Å²) in [5.41, 5.74) is 0.600. The lowest BCUT2D eigenvalue weighted by molar-refractivity contribution is 0.321. The highest BCUT2D eigenvalue weighted by Gasteiger charge is 2.21. The number of aromatic nitrogens is 6. The topological polar surface area (TPSA) is 91.8 Å². The van der Waals surface area contributed by atoms with E-state index in [1.165, 1.54) is 11.8 Å². The van der Waals surface area contributed by atoms with E-state index in [2.05, 4.69) is 25.7 Å². The van der Waals surface area contributed by atoms with Gasteiger partial charge in [0.2, 0.25) is 16.9 Å². The summed E-state index contributed by atoms with van der Waals surface area (Å²) in [6, 6.07) is 7.55. The number of para-hydroxylation sites is 1. The number of tetrazole rings is 1. The van der Waals surface area contributed by atoms with Crippen molar-refractivity contribution in [3.05, 3.63) is 30.2 Å². The number of nitrogens with zero attached hydrogens (tertiary/aromatic N) is 6. The van der Waals surface area contributed by atoms with Gasteiger partial charge in [-0.1, -0.05) is 29.1 Å². The molecule has 2 heterocycles. The minimum Gasteiger partial charge on any atom is -0.496 e. The largest absolute Gasteiger partial charge is 0.496 e. The Hall–Kier alpha value is -2.42. The molecule has 0 aliphatic heterocycles. The molecule has 0 bridgehead atoms. The molecule has 3 rings (SSSR count). The molecule has 0 radical (unpaired) electrons. The summed E-state index contributed by atoms with van der Waals surface area (Å²) in [6.07, 6.45) is 0. The van der Waals surface area contributed by atoms with E-state index in [1.807, 2.05) is 45.0 Å². The SMILES string of the molecule is COc1ccccc1-c1noc(CSc2nnnn2C(C)(C)C)n1. The maximum Gasteiger partial charge on any atom is 0.237 e. The third-order valence-electron chi connectivity index (χ3n) is 3.22. The van der Waals surface area contributed by atoms with E-state index in [0.717, 1.165) is 5.56 Å². The van der Waals surface area contributed by atoms with E-state index in [9.17, 15) is 0 Å². The number of methoxy groups -OCH3 is 1. The number of hydrogen-bond donors (Lipinski definition) is 0. The average molecular weight is 346 g/mol. The van der Waals surface area contributed by atoms with Crippen LogP contribution in [-0.2, 0) is 11.3 Å². The Kier molecular flexibility index (Phi) is 4.52. The molecule has 0 N–H and O–H groups in total. The molecular formula is C15H18N6O2S. The van der Waals surface area contributed by atoms with E-state index < -0.39 is 0 Å². The first kappa shape index (κ1) is 16.4. The number of rotatable bonds is 5. The molecule has 9 heteroatoms. The zero-order valence-electron chi connectivity index (χ0n) is 13.9. The van der Waals surface area contributed by atoms with Gasteiger partial charge in [0.1, 0.15) is 5.75 Å². The fourth-order valence-corrected chi connectivity index (χ4v) is 2.97. The van der Waals surface area contributed by atoms with Crippen LogP contribution in [-0.4, -0.2) is 37.5 Å². The Labute approximate surface area is 143 Å². The standard InChI is InChI=1S/C15H18N6O2S/c1-15(2,3)21-14(17-19-20-21)24-9-12-16-13(18-23-12)10-7-5-6-8-11(10)22-4/h5-8H,9H2,1-4H3. The summed E-state index contributed by atoms with van der Waals surface area (Å²) in [7, 11) is 1.61. The Morgan fingerprint density at radius 2 is 2.04 bits per heavy atom. The summed E-state index contributed by atoms with van der Waals surface area (Å²) >= 11 is 1.45. The van der Waals surface area contributed by atoms with E-state index >= 15 is 0 Å². The molecule has 0 unspecified atom stereocenters. The fraction of sp³-hybridized carbons (Fsp3) is 0.400. The monoisotopic (exact) mass is 346 g/mol. The van der Waals surface area contributed by atoms with Crippen LogP contribution in [0.4, 0.5) is 0 Å². The fourth-order valence-electron chi connectivity index (χ4n) is 2.07. The molecule has 0 saturated carbocycles. The van der Waals surface area contributed by atoms with Crippen molar-refractivity contribution in [3.63, 3.8) is 0 Å². The zero-order chi connectivity index (χ0) is 17.2. The van der Waals surface area contributed by atoms with Gasteiger partial charge in [0.05, 0.1) is 24.0 Å². The third kappa shape index (κ3) is 3.40. The molecule has 0 aliphatic carbocycles. The first-order valence-electron chi connectivity index (χ1n) is 7.36. The van der Waals surface area contributed by atoms with Crippen molar-refractivity contribution in [2.24, 2.45) is 0 Å². The predicted octanol–water partition coefficient (Wildman–Crippen LogP) is 2.78. The number of benzene rings is 1. The second kappa shape index (κ2) is 6.60. The molecule has 0 amide bonds. The number of ether oxygens (including phenoxy) is 1. The lowest BCUT2D eigenvalue weighted by Crippen LogP contribution is -2.24. The van der Waals surface area contributed by atoms with Gasteiger partial charge >= 0.3 is 0 Å². The molecule has 0 spiro atoms. The second-order valence-electron chi connectivity index (χ2n) is 6.04. The lowest BCUT2D eigenvalue weighted by atomic mass is 10.1. The summed E-state index contributed by atoms with van der Waals surface area (Å²) in [4.78, 5) is 4.42. The van der Waals surface area contributed by atoms with Crippen molar-refractivity contribution in [1.29, 1.82) is 0 Å². The molecule has 0 atom stereocenters. The molecule has 2 aromatic heterocycles. The van der Waals surface area contributed by atoms with Crippen molar-refractivity contribution < 1.29 is 9.26 Å². The zero-order valence-corrected chi connectivity index (χ0v) is 14.7. The smallest absolute Gasteiger partial charge is 0.237 e. The van der Waals surface area contributed by atoms with Crippen molar-refractivity contribution in [2.75, 3.05) is 7.11 Å². The number of thioether (sulfide) groups is 1. The van der Waals surface area contributed by atoms with Crippen LogP contribution in [0.1, 0.15) is 26.7 Å². The third-order valence-corrected chi connectivity index (χ3v) is 4.12. The molecule has 0 saturated heterocycles. The normalized spacial score (nSPS) is 11.7. The quantitative estimate of drug-likeness (QED) is 0.651. The van der Waals surface area contributed by atoms with Gasteiger partial charge in [-0.15, -0.1) is 5.10 Å². The van der Waals surface area contributed by atoms with Crippen LogP contribution in [0, 0.1) is 0 Å². The van der Waals surface area contributed by atoms with E-state index in [-0.39, 0.29) is 5.54 Å². The van der Waals surface area contributed by atoms with Crippen LogP contribution >= 0.6 is 11.8 Å². The summed E-state index contributed by atoms with van der Waals surface area (Å²) < 4.78 is 12.4. The van der Waals surface area contributed by atoms with Crippen LogP contribution in [0.2, 0.25) is 0 Å². The van der Waals surface area contributed by atoms with Gasteiger partial charge in [-0.2, -0.15) is 4.98 Å². The van der Waals surface area contributed by atoms with Crippen LogP contribution in [0.3, 0.4) is 0 Å². The molecular weight excluding hydrogens is 328 g/mol. The molecule has 1 aromatic carbocycles. The molecule has 3 aromatic rings. The van der Waals surface area contributed by atoms with Crippen LogP contribution < -0.4 is 4.74 Å². The Balaban J connectivity index is 1.75. The van der Waals surface area contributed by atoms with Gasteiger partial charge in [-0.3, -0.25) is 0 Å². The van der Waals surface area contributed by atoms with Gasteiger partial charge in [0.25, 0.3) is 0 Å². The van der Waals surface area contributed by atoms with E-state index in [1.54, 1.807) is 11.8 Å². The van der Waals surface area contributed by atoms with Crippen molar-refractivity contribution in [2.45, 2.75) is 37.2 Å². The highest BCUT2D eigenvalue weighted by Crippen LogP contribution is 2.29. The van der Waals surface area contributed by atoms with Crippen LogP contribution in [0.15, 0.2) is 33.9 Å². The maximum absolute atomic E-state index is 5.33. The molecule has 24 heavy (non-hydrogen) atoms. The van der Waals surface area contributed by atoms with E-state index in [0.29, 0.717) is 28.4 Å². The minimum atomic E-state index is -0.191. The van der Waals surface area contributed by atoms with Crippen LogP contribution in [0.25, 0.3) is 11.4 Å². The van der Waals surface area contributed by atoms with Gasteiger partial charge in [-0.25, -0.2) is 4.68 Å². The Morgan fingerprint density at radius 3 is 2.79 bits per heavy atom. The van der Waals surface area contributed by atoms with Crippen molar-refractivity contribution in [1.82, 2.24) is 30.3 Å². The van der Waals surface area contributed by atoms with Gasteiger partial charge in [0, 0.05) is 0 Å². The van der Waals surface area contributed by atoms with Crippen LogP contribution in [0.5, 0.6) is 5.75 Å². The Morgan fingerprint density at radius 1 is 1.25 bits per heavy atom. The Bertz CT molecular complexity index is 823. The highest BCUT2D eigenvalue weighted by atomic mass is 32.2. The maximum atomic E-state index is 5.33. The predicted molar refractivity (Wildman–Crippen MR) is 88.7 cm³/mol. The lowest BCUT2D eigenvalue weighted by Gasteiger charge is -2.19. The number of hydrogen-bond acceptors (Lipinski definition) is 8. The highest BCUT2D eigenvalue weighted by molar-refractivity contribution is 7.98. The first-order valence-corrected chi connectivity index (χ1v) is 8.35. The molecule has 0 aliphatic rings. The van der Waals surface area contributed by atoms with Gasteiger partial charge in [0.15, 0.2) is 0 Å². The van der Waals surface area contributed by atoms with Crippen molar-refractivity contribution in [3.8, 4) is 17.1 Å². The molecule has 8 nitrogen and oxygen atoms in total. The summed E-state index contributed by atoms with van der Waals surface area (Å²) in [5, 5.41) is 16.5. The molecule has 126 valence electrons. The second-order valence-corrected chi connectivity index (χ2v) is 6.99. The first-order chi connectivity index (χ1) is 11.5. The minimum absolute atomic E-state index is 0.191. The van der Waals surface area contributed by atoms with Gasteiger partial charge in [-0.05, 0) is 43.3 Å². The summed E-state index contributed by atoms with van der Waals surface area (Å²) in [6.45, 7) is 6.12. The average Bonchev–Trinajstić information content (AvgIpc) is 3.21. The van der Waals surface area contributed by atoms with Gasteiger partial charge < -0.3 is 9.26 Å². The van der Waals surface area contributed by atoms with E-state index in [4.69, 9.17) is 9.26 Å².